The zero-order chi connectivity index (χ0) is 18.5. The van der Waals surface area contributed by atoms with Crippen molar-refractivity contribution in [1.82, 2.24) is 0 Å². The number of hydrogen-bond donors (Lipinski definition) is 1. The second kappa shape index (κ2) is 8.04. The van der Waals surface area contributed by atoms with Crippen LogP contribution in [0.3, 0.4) is 0 Å². The first-order valence-corrected chi connectivity index (χ1v) is 9.00. The number of anilines is 2. The van der Waals surface area contributed by atoms with Gasteiger partial charge in [-0.05, 0) is 49.1 Å². The summed E-state index contributed by atoms with van der Waals surface area (Å²) in [4.78, 5) is 26.0. The third kappa shape index (κ3) is 4.04. The van der Waals surface area contributed by atoms with Gasteiger partial charge in [-0.15, -0.1) is 0 Å². The molecule has 0 atom stereocenters. The smallest absolute Gasteiger partial charge is 0.224 e. The van der Waals surface area contributed by atoms with Crippen molar-refractivity contribution in [1.29, 1.82) is 0 Å². The molecule has 1 aliphatic heterocycles. The molecule has 1 heterocycles. The molecule has 0 radical (unpaired) electrons. The minimum atomic E-state index is -0.0531. The van der Waals surface area contributed by atoms with Gasteiger partial charge in [0.15, 0.2) is 0 Å². The lowest BCUT2D eigenvalue weighted by molar-refractivity contribution is -0.117. The largest absolute Gasteiger partial charge is 0.494 e. The fourth-order valence-electron chi connectivity index (χ4n) is 3.26. The number of benzene rings is 2. The number of nitrogens with one attached hydrogen (secondary N) is 1. The second-order valence-electron chi connectivity index (χ2n) is 6.36. The van der Waals surface area contributed by atoms with E-state index < -0.39 is 0 Å². The third-order valence-electron chi connectivity index (χ3n) is 4.52. The molecule has 0 saturated carbocycles. The summed E-state index contributed by atoms with van der Waals surface area (Å²) in [6.07, 6.45) is 1.87. The van der Waals surface area contributed by atoms with Gasteiger partial charge in [-0.25, -0.2) is 0 Å². The number of ether oxygens (including phenoxy) is 1. The van der Waals surface area contributed by atoms with Crippen LogP contribution in [0.5, 0.6) is 5.75 Å². The van der Waals surface area contributed by atoms with Crippen LogP contribution in [0.1, 0.15) is 31.4 Å². The highest BCUT2D eigenvalue weighted by atomic mass is 16.5. The molecule has 2 aromatic rings. The van der Waals surface area contributed by atoms with Crippen molar-refractivity contribution in [3.8, 4) is 5.75 Å². The van der Waals surface area contributed by atoms with Crippen molar-refractivity contribution in [3.05, 3.63) is 53.6 Å². The molecule has 1 N–H and O–H groups in total. The van der Waals surface area contributed by atoms with Gasteiger partial charge < -0.3 is 15.0 Å². The molecule has 0 aliphatic carbocycles. The highest BCUT2D eigenvalue weighted by Gasteiger charge is 2.25. The van der Waals surface area contributed by atoms with Gasteiger partial charge in [0.2, 0.25) is 11.8 Å². The molecular weight excluding hydrogens is 328 g/mol. The van der Waals surface area contributed by atoms with E-state index >= 15 is 0 Å². The van der Waals surface area contributed by atoms with E-state index in [1.165, 1.54) is 0 Å². The van der Waals surface area contributed by atoms with E-state index in [1.54, 1.807) is 11.8 Å². The number of hydrogen-bond acceptors (Lipinski definition) is 3. The molecule has 3 rings (SSSR count). The summed E-state index contributed by atoms with van der Waals surface area (Å²) in [5.41, 5.74) is 3.75. The van der Waals surface area contributed by atoms with Gasteiger partial charge in [-0.1, -0.05) is 24.3 Å². The lowest BCUT2D eigenvalue weighted by Gasteiger charge is -2.19. The second-order valence-corrected chi connectivity index (χ2v) is 6.36. The van der Waals surface area contributed by atoms with E-state index in [2.05, 4.69) is 5.32 Å². The first-order valence-electron chi connectivity index (χ1n) is 9.00. The standard InChI is InChI=1S/C21H24N2O3/c1-3-26-18-10-7-16(8-11-18)9-12-20(25)22-19-6-4-5-17-13-14-23(15(2)24)21(17)19/h4-8,10-11H,3,9,12-14H2,1-2H3,(H,22,25). The molecule has 5 nitrogen and oxygen atoms in total. The van der Waals surface area contributed by atoms with E-state index in [0.29, 0.717) is 31.7 Å². The molecule has 26 heavy (non-hydrogen) atoms. The summed E-state index contributed by atoms with van der Waals surface area (Å²) in [7, 11) is 0. The topological polar surface area (TPSA) is 58.6 Å². The quantitative estimate of drug-likeness (QED) is 0.865. The molecule has 136 valence electrons. The number of para-hydroxylation sites is 1. The number of carbonyl (C=O) groups excluding carboxylic acids is 2. The highest BCUT2D eigenvalue weighted by Crippen LogP contribution is 2.35. The van der Waals surface area contributed by atoms with Crippen LogP contribution in [0.25, 0.3) is 0 Å². The van der Waals surface area contributed by atoms with E-state index in [4.69, 9.17) is 4.74 Å². The number of nitrogens with zero attached hydrogens (tertiary/aromatic N) is 1. The Morgan fingerprint density at radius 2 is 1.92 bits per heavy atom. The SMILES string of the molecule is CCOc1ccc(CCC(=O)Nc2cccc3c2N(C(C)=O)CC3)cc1. The Balaban J connectivity index is 1.62. The molecule has 1 aliphatic rings. The Morgan fingerprint density at radius 3 is 2.62 bits per heavy atom. The molecule has 0 unspecified atom stereocenters. The zero-order valence-electron chi connectivity index (χ0n) is 15.2. The fraction of sp³-hybridized carbons (Fsp3) is 0.333. The molecular formula is C21H24N2O3. The van der Waals surface area contributed by atoms with Gasteiger partial charge in [-0.3, -0.25) is 9.59 Å². The predicted octanol–water partition coefficient (Wildman–Crippen LogP) is 3.57. The maximum atomic E-state index is 12.4. The highest BCUT2D eigenvalue weighted by molar-refractivity contribution is 6.02. The third-order valence-corrected chi connectivity index (χ3v) is 4.52. The van der Waals surface area contributed by atoms with Gasteiger partial charge in [0.1, 0.15) is 5.75 Å². The number of fused-ring (bicyclic) bond motifs is 1. The average Bonchev–Trinajstić information content (AvgIpc) is 3.07. The van der Waals surface area contributed by atoms with Crippen molar-refractivity contribution in [3.63, 3.8) is 0 Å². The molecule has 0 saturated heterocycles. The summed E-state index contributed by atoms with van der Waals surface area (Å²) >= 11 is 0. The van der Waals surface area contributed by atoms with Crippen molar-refractivity contribution < 1.29 is 14.3 Å². The summed E-state index contributed by atoms with van der Waals surface area (Å²) in [5, 5.41) is 2.97. The predicted molar refractivity (Wildman–Crippen MR) is 103 cm³/mol. The molecule has 0 aromatic heterocycles. The van der Waals surface area contributed by atoms with Crippen LogP contribution in [0.2, 0.25) is 0 Å². The maximum absolute atomic E-state index is 12.4. The van der Waals surface area contributed by atoms with Crippen LogP contribution in [0, 0.1) is 0 Å². The first-order chi connectivity index (χ1) is 12.6. The molecule has 2 aromatic carbocycles. The average molecular weight is 352 g/mol. The van der Waals surface area contributed by atoms with Crippen molar-refractivity contribution in [2.45, 2.75) is 33.1 Å². The Hall–Kier alpha value is -2.82. The number of aryl methyl sites for hydroxylation is 1. The summed E-state index contributed by atoms with van der Waals surface area (Å²) < 4.78 is 5.43. The van der Waals surface area contributed by atoms with Gasteiger partial charge in [0, 0.05) is 19.9 Å². The van der Waals surface area contributed by atoms with Crippen molar-refractivity contribution in [2.75, 3.05) is 23.4 Å². The summed E-state index contributed by atoms with van der Waals surface area (Å²) in [6.45, 7) is 4.82. The first kappa shape index (κ1) is 18.0. The van der Waals surface area contributed by atoms with E-state index in [9.17, 15) is 9.59 Å². The normalized spacial score (nSPS) is 12.6. The Kier molecular flexibility index (Phi) is 5.56. The van der Waals surface area contributed by atoms with E-state index in [0.717, 1.165) is 29.0 Å². The monoisotopic (exact) mass is 352 g/mol. The Morgan fingerprint density at radius 1 is 1.15 bits per heavy atom. The molecule has 0 bridgehead atoms. The number of rotatable bonds is 6. The number of carbonyl (C=O) groups is 2. The van der Waals surface area contributed by atoms with Gasteiger partial charge in [0.05, 0.1) is 18.0 Å². The van der Waals surface area contributed by atoms with E-state index in [-0.39, 0.29) is 11.8 Å². The minimum absolute atomic E-state index is 0.000151. The van der Waals surface area contributed by atoms with Gasteiger partial charge >= 0.3 is 0 Å². The maximum Gasteiger partial charge on any atom is 0.224 e. The molecule has 2 amide bonds. The van der Waals surface area contributed by atoms with Crippen molar-refractivity contribution in [2.24, 2.45) is 0 Å². The van der Waals surface area contributed by atoms with Crippen LogP contribution in [0.15, 0.2) is 42.5 Å². The van der Waals surface area contributed by atoms with Crippen LogP contribution < -0.4 is 15.0 Å². The zero-order valence-corrected chi connectivity index (χ0v) is 15.2. The molecule has 5 heteroatoms. The van der Waals surface area contributed by atoms with Crippen molar-refractivity contribution >= 4 is 23.2 Å². The Labute approximate surface area is 154 Å². The van der Waals surface area contributed by atoms with E-state index in [1.807, 2.05) is 49.4 Å². The summed E-state index contributed by atoms with van der Waals surface area (Å²) in [6, 6.07) is 13.6. The summed E-state index contributed by atoms with van der Waals surface area (Å²) in [5.74, 6) is 0.785. The minimum Gasteiger partial charge on any atom is -0.494 e. The lowest BCUT2D eigenvalue weighted by atomic mass is 10.1. The Bertz CT molecular complexity index is 799. The van der Waals surface area contributed by atoms with Crippen LogP contribution in [0.4, 0.5) is 11.4 Å². The lowest BCUT2D eigenvalue weighted by Crippen LogP contribution is -2.27. The van der Waals surface area contributed by atoms with Gasteiger partial charge in [0.25, 0.3) is 0 Å². The fourth-order valence-corrected chi connectivity index (χ4v) is 3.26. The van der Waals surface area contributed by atoms with Crippen LogP contribution >= 0.6 is 0 Å². The molecule has 0 fully saturated rings. The van der Waals surface area contributed by atoms with Gasteiger partial charge in [-0.2, -0.15) is 0 Å². The van der Waals surface area contributed by atoms with Crippen LogP contribution in [-0.4, -0.2) is 25.0 Å². The molecule has 0 spiro atoms. The number of amides is 2. The van der Waals surface area contributed by atoms with Crippen LogP contribution in [-0.2, 0) is 22.4 Å².